The first kappa shape index (κ1) is 12.2. The first-order valence-electron chi connectivity index (χ1n) is 6.25. The monoisotopic (exact) mass is 266 g/mol. The van der Waals surface area contributed by atoms with Gasteiger partial charge in [0.2, 0.25) is 0 Å². The van der Waals surface area contributed by atoms with Gasteiger partial charge in [0.25, 0.3) is 5.91 Å². The van der Waals surface area contributed by atoms with Crippen molar-refractivity contribution in [3.63, 3.8) is 0 Å². The molecule has 0 radical (unpaired) electrons. The molecule has 0 saturated heterocycles. The van der Waals surface area contributed by atoms with Gasteiger partial charge < -0.3 is 16.0 Å². The van der Waals surface area contributed by atoms with E-state index in [4.69, 9.17) is 5.73 Å². The Morgan fingerprint density at radius 1 is 1.30 bits per heavy atom. The van der Waals surface area contributed by atoms with Gasteiger partial charge in [-0.15, -0.1) is 0 Å². The number of H-pyrrole nitrogens is 1. The Balaban J connectivity index is 1.89. The number of nitrogens with two attached hydrogens (primary N) is 1. The van der Waals surface area contributed by atoms with E-state index in [1.54, 1.807) is 24.4 Å². The van der Waals surface area contributed by atoms with Crippen LogP contribution >= 0.6 is 0 Å². The summed E-state index contributed by atoms with van der Waals surface area (Å²) >= 11 is 0. The molecule has 0 aliphatic heterocycles. The van der Waals surface area contributed by atoms with Crippen molar-refractivity contribution in [2.75, 3.05) is 11.1 Å². The molecule has 100 valence electrons. The van der Waals surface area contributed by atoms with Gasteiger partial charge in [-0.3, -0.25) is 4.79 Å². The van der Waals surface area contributed by atoms with Crippen LogP contribution < -0.4 is 11.1 Å². The van der Waals surface area contributed by atoms with Gasteiger partial charge in [-0.2, -0.15) is 0 Å². The number of anilines is 2. The van der Waals surface area contributed by atoms with Crippen LogP contribution in [0.2, 0.25) is 0 Å². The SMILES string of the molecule is Cc1ccc(NC(=O)c2cc3cccc(N)c3[nH]2)nc1. The number of nitrogens with one attached hydrogen (secondary N) is 2. The van der Waals surface area contributed by atoms with Gasteiger partial charge >= 0.3 is 0 Å². The lowest BCUT2D eigenvalue weighted by atomic mass is 10.2. The van der Waals surface area contributed by atoms with Gasteiger partial charge in [0.05, 0.1) is 11.2 Å². The van der Waals surface area contributed by atoms with Crippen LogP contribution in [0.5, 0.6) is 0 Å². The van der Waals surface area contributed by atoms with Crippen molar-refractivity contribution >= 4 is 28.3 Å². The lowest BCUT2D eigenvalue weighted by molar-refractivity contribution is 0.102. The molecule has 20 heavy (non-hydrogen) atoms. The molecular formula is C15H14N4O. The molecule has 2 heterocycles. The first-order valence-corrected chi connectivity index (χ1v) is 6.25. The molecule has 1 aromatic carbocycles. The lowest BCUT2D eigenvalue weighted by Crippen LogP contribution is -2.13. The Morgan fingerprint density at radius 2 is 2.15 bits per heavy atom. The maximum Gasteiger partial charge on any atom is 0.273 e. The van der Waals surface area contributed by atoms with Gasteiger partial charge in [0.1, 0.15) is 11.5 Å². The lowest BCUT2D eigenvalue weighted by Gasteiger charge is -2.02. The summed E-state index contributed by atoms with van der Waals surface area (Å²) in [5.41, 5.74) is 8.76. The third-order valence-corrected chi connectivity index (χ3v) is 3.09. The highest BCUT2D eigenvalue weighted by atomic mass is 16.1. The molecule has 0 spiro atoms. The molecule has 0 aliphatic rings. The van der Waals surface area contributed by atoms with Crippen LogP contribution in [0.1, 0.15) is 16.1 Å². The van der Waals surface area contributed by atoms with Crippen molar-refractivity contribution in [2.45, 2.75) is 6.92 Å². The molecule has 0 fully saturated rings. The standard InChI is InChI=1S/C15H14N4O/c1-9-5-6-13(17-8-9)19-15(20)12-7-10-3-2-4-11(16)14(10)18-12/h2-8,18H,16H2,1H3,(H,17,19,20). The van der Waals surface area contributed by atoms with Gasteiger partial charge in [-0.05, 0) is 30.7 Å². The van der Waals surface area contributed by atoms with Crippen molar-refractivity contribution in [3.05, 3.63) is 53.9 Å². The Kier molecular flexibility index (Phi) is 2.87. The second kappa shape index (κ2) is 4.70. The zero-order valence-corrected chi connectivity index (χ0v) is 11.0. The molecule has 0 aliphatic carbocycles. The van der Waals surface area contributed by atoms with E-state index in [-0.39, 0.29) is 5.91 Å². The number of aromatic nitrogens is 2. The molecule has 3 aromatic rings. The van der Waals surface area contributed by atoms with Gasteiger partial charge in [-0.1, -0.05) is 18.2 Å². The number of aryl methyl sites for hydroxylation is 1. The van der Waals surface area contributed by atoms with Crippen molar-refractivity contribution in [1.82, 2.24) is 9.97 Å². The molecule has 5 nitrogen and oxygen atoms in total. The third kappa shape index (κ3) is 2.21. The Morgan fingerprint density at radius 3 is 2.85 bits per heavy atom. The predicted molar refractivity (Wildman–Crippen MR) is 79.6 cm³/mol. The molecule has 0 atom stereocenters. The van der Waals surface area contributed by atoms with Crippen LogP contribution in [-0.2, 0) is 0 Å². The maximum absolute atomic E-state index is 12.2. The van der Waals surface area contributed by atoms with Crippen molar-refractivity contribution in [2.24, 2.45) is 0 Å². The van der Waals surface area contributed by atoms with E-state index < -0.39 is 0 Å². The van der Waals surface area contributed by atoms with Crippen molar-refractivity contribution in [1.29, 1.82) is 0 Å². The van der Waals surface area contributed by atoms with Crippen LogP contribution in [0, 0.1) is 6.92 Å². The van der Waals surface area contributed by atoms with Crippen molar-refractivity contribution < 1.29 is 4.79 Å². The third-order valence-electron chi connectivity index (χ3n) is 3.09. The van der Waals surface area contributed by atoms with E-state index in [9.17, 15) is 4.79 Å². The van der Waals surface area contributed by atoms with Crippen LogP contribution in [0.15, 0.2) is 42.6 Å². The number of amides is 1. The zero-order chi connectivity index (χ0) is 14.1. The Hall–Kier alpha value is -2.82. The number of benzene rings is 1. The number of aromatic amines is 1. The van der Waals surface area contributed by atoms with E-state index in [1.165, 1.54) is 0 Å². The number of rotatable bonds is 2. The number of hydrogen-bond donors (Lipinski definition) is 3. The molecule has 2 aromatic heterocycles. The first-order chi connectivity index (χ1) is 9.63. The molecule has 0 saturated carbocycles. The highest BCUT2D eigenvalue weighted by Gasteiger charge is 2.11. The second-order valence-electron chi connectivity index (χ2n) is 4.67. The zero-order valence-electron chi connectivity index (χ0n) is 11.0. The summed E-state index contributed by atoms with van der Waals surface area (Å²) < 4.78 is 0. The minimum atomic E-state index is -0.239. The number of carbonyl (C=O) groups excluding carboxylic acids is 1. The summed E-state index contributed by atoms with van der Waals surface area (Å²) in [5, 5.41) is 3.65. The summed E-state index contributed by atoms with van der Waals surface area (Å²) in [7, 11) is 0. The number of para-hydroxylation sites is 1. The van der Waals surface area contributed by atoms with E-state index in [2.05, 4.69) is 15.3 Å². The molecule has 5 heteroatoms. The molecule has 0 unspecified atom stereocenters. The number of nitrogens with zero attached hydrogens (tertiary/aromatic N) is 1. The number of hydrogen-bond acceptors (Lipinski definition) is 3. The maximum atomic E-state index is 12.2. The molecule has 3 rings (SSSR count). The predicted octanol–water partition coefficient (Wildman–Crippen LogP) is 2.71. The fraction of sp³-hybridized carbons (Fsp3) is 0.0667. The number of carbonyl (C=O) groups is 1. The Bertz CT molecular complexity index is 774. The van der Waals surface area contributed by atoms with Gasteiger partial charge in [0, 0.05) is 11.6 Å². The van der Waals surface area contributed by atoms with E-state index in [0.29, 0.717) is 17.2 Å². The quantitative estimate of drug-likeness (QED) is 0.623. The summed E-state index contributed by atoms with van der Waals surface area (Å²) in [4.78, 5) is 19.3. The Labute approximate surface area is 115 Å². The van der Waals surface area contributed by atoms with Gasteiger partial charge in [0.15, 0.2) is 0 Å². The van der Waals surface area contributed by atoms with Crippen LogP contribution in [0.4, 0.5) is 11.5 Å². The molecule has 4 N–H and O–H groups in total. The summed E-state index contributed by atoms with van der Waals surface area (Å²) in [5.74, 6) is 0.282. The smallest absolute Gasteiger partial charge is 0.273 e. The summed E-state index contributed by atoms with van der Waals surface area (Å²) in [6.45, 7) is 1.94. The molecule has 0 bridgehead atoms. The average Bonchev–Trinajstić information content (AvgIpc) is 2.87. The van der Waals surface area contributed by atoms with E-state index in [0.717, 1.165) is 16.5 Å². The molecule has 1 amide bonds. The van der Waals surface area contributed by atoms with Crippen molar-refractivity contribution in [3.8, 4) is 0 Å². The fourth-order valence-electron chi connectivity index (χ4n) is 2.03. The highest BCUT2D eigenvalue weighted by molar-refractivity contribution is 6.06. The minimum Gasteiger partial charge on any atom is -0.397 e. The largest absolute Gasteiger partial charge is 0.397 e. The fourth-order valence-corrected chi connectivity index (χ4v) is 2.03. The number of fused-ring (bicyclic) bond motifs is 1. The minimum absolute atomic E-state index is 0.239. The summed E-state index contributed by atoms with van der Waals surface area (Å²) in [6.07, 6.45) is 1.71. The highest BCUT2D eigenvalue weighted by Crippen LogP contribution is 2.21. The number of pyridine rings is 1. The molecular weight excluding hydrogens is 252 g/mol. The second-order valence-corrected chi connectivity index (χ2v) is 4.67. The summed E-state index contributed by atoms with van der Waals surface area (Å²) in [6, 6.07) is 11.0. The van der Waals surface area contributed by atoms with E-state index >= 15 is 0 Å². The van der Waals surface area contributed by atoms with Gasteiger partial charge in [-0.25, -0.2) is 4.98 Å². The normalized spacial score (nSPS) is 10.7. The number of nitrogen functional groups attached to an aromatic ring is 1. The van der Waals surface area contributed by atoms with E-state index in [1.807, 2.05) is 25.1 Å². The van der Waals surface area contributed by atoms with Crippen LogP contribution in [-0.4, -0.2) is 15.9 Å². The topological polar surface area (TPSA) is 83.8 Å². The van der Waals surface area contributed by atoms with Crippen LogP contribution in [0.25, 0.3) is 10.9 Å². The van der Waals surface area contributed by atoms with Crippen LogP contribution in [0.3, 0.4) is 0 Å². The average molecular weight is 266 g/mol.